The summed E-state index contributed by atoms with van der Waals surface area (Å²) < 4.78 is 38.7. The minimum absolute atomic E-state index is 0.141. The lowest BCUT2D eigenvalue weighted by molar-refractivity contribution is -0.384. The number of anilines is 1. The Kier molecular flexibility index (Phi) is 3.96. The summed E-state index contributed by atoms with van der Waals surface area (Å²) in [6.07, 6.45) is -4.68. The number of halogens is 4. The third kappa shape index (κ3) is 3.18. The molecule has 0 bridgehead atoms. The summed E-state index contributed by atoms with van der Waals surface area (Å²) in [6.45, 7) is 0. The Morgan fingerprint density at radius 1 is 1.16 bits per heavy atom. The highest BCUT2D eigenvalue weighted by Gasteiger charge is 2.34. The van der Waals surface area contributed by atoms with Crippen molar-refractivity contribution in [3.63, 3.8) is 0 Å². The number of aliphatic imine (C=N–C) groups is 1. The molecule has 2 aromatic carbocycles. The Morgan fingerprint density at radius 3 is 2.52 bits per heavy atom. The maximum absolute atomic E-state index is 12.9. The van der Waals surface area contributed by atoms with Crippen LogP contribution in [0.25, 0.3) is 0 Å². The van der Waals surface area contributed by atoms with Crippen molar-refractivity contribution >= 4 is 40.3 Å². The zero-order chi connectivity index (χ0) is 18.4. The SMILES string of the molecule is O=C1Nc2ccc([N+](=O)[O-])cc2C1=Nc1ccc(Cl)c(C(F)(F)F)c1. The minimum Gasteiger partial charge on any atom is -0.320 e. The Hall–Kier alpha value is -2.94. The van der Waals surface area contributed by atoms with Crippen molar-refractivity contribution in [2.24, 2.45) is 4.99 Å². The zero-order valence-corrected chi connectivity index (χ0v) is 12.9. The number of nitro benzene ring substituents is 1. The van der Waals surface area contributed by atoms with Crippen molar-refractivity contribution < 1.29 is 22.9 Å². The number of carbonyl (C=O) groups is 1. The predicted molar refractivity (Wildman–Crippen MR) is 84.4 cm³/mol. The van der Waals surface area contributed by atoms with E-state index < -0.39 is 27.6 Å². The van der Waals surface area contributed by atoms with E-state index in [1.54, 1.807) is 0 Å². The van der Waals surface area contributed by atoms with Crippen molar-refractivity contribution in [1.82, 2.24) is 0 Å². The van der Waals surface area contributed by atoms with Gasteiger partial charge in [-0.15, -0.1) is 0 Å². The normalized spacial score (nSPS) is 15.2. The number of nitrogens with one attached hydrogen (secondary N) is 1. The van der Waals surface area contributed by atoms with Crippen molar-refractivity contribution in [2.75, 3.05) is 5.32 Å². The van der Waals surface area contributed by atoms with Gasteiger partial charge in [-0.3, -0.25) is 14.9 Å². The van der Waals surface area contributed by atoms with Gasteiger partial charge in [0.1, 0.15) is 5.71 Å². The number of nitro groups is 1. The Bertz CT molecular complexity index is 941. The Balaban J connectivity index is 2.11. The molecule has 128 valence electrons. The molecule has 2 aromatic rings. The number of rotatable bonds is 2. The summed E-state index contributed by atoms with van der Waals surface area (Å²) >= 11 is 5.54. The first kappa shape index (κ1) is 16.9. The quantitative estimate of drug-likeness (QED) is 0.631. The summed E-state index contributed by atoms with van der Waals surface area (Å²) in [5.74, 6) is -0.668. The smallest absolute Gasteiger partial charge is 0.320 e. The van der Waals surface area contributed by atoms with E-state index in [2.05, 4.69) is 10.3 Å². The van der Waals surface area contributed by atoms with Crippen LogP contribution in [0, 0.1) is 10.1 Å². The molecule has 1 N–H and O–H groups in total. The molecule has 0 aromatic heterocycles. The molecule has 0 radical (unpaired) electrons. The van der Waals surface area contributed by atoms with E-state index in [0.717, 1.165) is 12.1 Å². The summed E-state index contributed by atoms with van der Waals surface area (Å²) in [5.41, 5.74) is -1.29. The summed E-state index contributed by atoms with van der Waals surface area (Å²) in [7, 11) is 0. The van der Waals surface area contributed by atoms with Crippen LogP contribution in [-0.4, -0.2) is 16.5 Å². The molecule has 1 amide bonds. The van der Waals surface area contributed by atoms with Gasteiger partial charge >= 0.3 is 6.18 Å². The average Bonchev–Trinajstić information content (AvgIpc) is 2.83. The van der Waals surface area contributed by atoms with E-state index in [9.17, 15) is 28.1 Å². The lowest BCUT2D eigenvalue weighted by Gasteiger charge is -2.09. The van der Waals surface area contributed by atoms with Crippen molar-refractivity contribution in [3.8, 4) is 0 Å². The van der Waals surface area contributed by atoms with Crippen LogP contribution in [0.2, 0.25) is 5.02 Å². The number of fused-ring (bicyclic) bond motifs is 1. The number of alkyl halides is 3. The number of hydrogen-bond acceptors (Lipinski definition) is 4. The van der Waals surface area contributed by atoms with Gasteiger partial charge < -0.3 is 5.32 Å². The van der Waals surface area contributed by atoms with Crippen LogP contribution in [0.15, 0.2) is 41.4 Å². The third-order valence-corrected chi connectivity index (χ3v) is 3.76. The number of amides is 1. The van der Waals surface area contributed by atoms with Crippen LogP contribution in [0.3, 0.4) is 0 Å². The molecular formula is C15H7ClF3N3O3. The fraction of sp³-hybridized carbons (Fsp3) is 0.0667. The van der Waals surface area contributed by atoms with E-state index >= 15 is 0 Å². The molecule has 6 nitrogen and oxygen atoms in total. The van der Waals surface area contributed by atoms with Gasteiger partial charge in [-0.05, 0) is 24.3 Å². The zero-order valence-electron chi connectivity index (χ0n) is 12.1. The Labute approximate surface area is 143 Å². The molecule has 0 atom stereocenters. The molecule has 0 aliphatic carbocycles. The fourth-order valence-electron chi connectivity index (χ4n) is 2.29. The van der Waals surface area contributed by atoms with Gasteiger partial charge in [0.05, 0.1) is 26.9 Å². The van der Waals surface area contributed by atoms with Crippen LogP contribution in [0.4, 0.5) is 30.2 Å². The minimum atomic E-state index is -4.68. The van der Waals surface area contributed by atoms with Gasteiger partial charge in [0, 0.05) is 17.7 Å². The van der Waals surface area contributed by atoms with E-state index in [-0.39, 0.29) is 22.6 Å². The topological polar surface area (TPSA) is 84.6 Å². The average molecular weight is 370 g/mol. The number of carbonyl (C=O) groups excluding carboxylic acids is 1. The molecule has 3 rings (SSSR count). The number of non-ortho nitro benzene ring substituents is 1. The number of nitrogens with zero attached hydrogens (tertiary/aromatic N) is 2. The molecule has 1 aliphatic heterocycles. The maximum atomic E-state index is 12.9. The highest BCUT2D eigenvalue weighted by atomic mass is 35.5. The molecular weight excluding hydrogens is 363 g/mol. The predicted octanol–water partition coefficient (Wildman–Crippen LogP) is 4.34. The standard InChI is InChI=1S/C15H7ClF3N3O3/c16-11-3-1-7(5-10(11)15(17,18)19)20-13-9-6-8(22(24)25)2-4-12(9)21-14(13)23/h1-6H,(H,20,21,23). The second-order valence-corrected chi connectivity index (χ2v) is 5.47. The van der Waals surface area contributed by atoms with Gasteiger partial charge in [0.25, 0.3) is 11.6 Å². The highest BCUT2D eigenvalue weighted by Crippen LogP contribution is 2.37. The summed E-state index contributed by atoms with van der Waals surface area (Å²) in [5, 5.41) is 12.8. The second-order valence-electron chi connectivity index (χ2n) is 5.06. The number of hydrogen-bond donors (Lipinski definition) is 1. The monoisotopic (exact) mass is 369 g/mol. The van der Waals surface area contributed by atoms with Crippen LogP contribution < -0.4 is 5.32 Å². The van der Waals surface area contributed by atoms with Gasteiger partial charge in [-0.25, -0.2) is 4.99 Å². The van der Waals surface area contributed by atoms with Crippen molar-refractivity contribution in [1.29, 1.82) is 0 Å². The van der Waals surface area contributed by atoms with E-state index in [1.807, 2.05) is 0 Å². The largest absolute Gasteiger partial charge is 0.417 e. The fourth-order valence-corrected chi connectivity index (χ4v) is 2.52. The van der Waals surface area contributed by atoms with Crippen LogP contribution >= 0.6 is 11.6 Å². The molecule has 0 spiro atoms. The van der Waals surface area contributed by atoms with E-state index in [1.165, 1.54) is 18.2 Å². The third-order valence-electron chi connectivity index (χ3n) is 3.43. The lowest BCUT2D eigenvalue weighted by Crippen LogP contribution is -2.14. The lowest BCUT2D eigenvalue weighted by atomic mass is 10.1. The molecule has 0 unspecified atom stereocenters. The molecule has 0 saturated carbocycles. The number of benzene rings is 2. The van der Waals surface area contributed by atoms with Crippen molar-refractivity contribution in [2.45, 2.75) is 6.18 Å². The van der Waals surface area contributed by atoms with Crippen LogP contribution in [0.5, 0.6) is 0 Å². The highest BCUT2D eigenvalue weighted by molar-refractivity contribution is 6.54. The van der Waals surface area contributed by atoms with Gasteiger partial charge in [0.2, 0.25) is 0 Å². The van der Waals surface area contributed by atoms with Gasteiger partial charge in [-0.1, -0.05) is 11.6 Å². The molecule has 1 aliphatic rings. The molecule has 25 heavy (non-hydrogen) atoms. The summed E-state index contributed by atoms with van der Waals surface area (Å²) in [6, 6.07) is 6.60. The second kappa shape index (κ2) is 5.85. The van der Waals surface area contributed by atoms with Crippen molar-refractivity contribution in [3.05, 3.63) is 62.7 Å². The maximum Gasteiger partial charge on any atom is 0.417 e. The van der Waals surface area contributed by atoms with Gasteiger partial charge in [0.15, 0.2) is 0 Å². The van der Waals surface area contributed by atoms with Crippen LogP contribution in [0.1, 0.15) is 11.1 Å². The van der Waals surface area contributed by atoms with E-state index in [0.29, 0.717) is 11.8 Å². The first-order valence-corrected chi connectivity index (χ1v) is 7.10. The first-order chi connectivity index (χ1) is 11.7. The Morgan fingerprint density at radius 2 is 1.88 bits per heavy atom. The van der Waals surface area contributed by atoms with Crippen LogP contribution in [-0.2, 0) is 11.0 Å². The molecule has 0 saturated heterocycles. The van der Waals surface area contributed by atoms with E-state index in [4.69, 9.17) is 11.6 Å². The first-order valence-electron chi connectivity index (χ1n) is 6.72. The summed E-state index contributed by atoms with van der Waals surface area (Å²) in [4.78, 5) is 26.1. The molecule has 10 heteroatoms. The van der Waals surface area contributed by atoms with Gasteiger partial charge in [-0.2, -0.15) is 13.2 Å². The molecule has 0 fully saturated rings. The molecule has 1 heterocycles.